The number of rotatable bonds is 4. The molecule has 6 nitrogen and oxygen atoms in total. The van der Waals surface area contributed by atoms with Crippen molar-refractivity contribution in [2.75, 3.05) is 32.7 Å². The van der Waals surface area contributed by atoms with Crippen LogP contribution in [0.15, 0.2) is 17.0 Å². The number of benzene rings is 1. The Hall–Kier alpha value is -1.44. The first-order valence-electron chi connectivity index (χ1n) is 10.7. The second-order valence-corrected chi connectivity index (χ2v) is 10.7. The maximum atomic E-state index is 13.2. The molecule has 1 aromatic rings. The van der Waals surface area contributed by atoms with Crippen LogP contribution in [0.25, 0.3) is 0 Å². The average molecular weight is 422 g/mol. The van der Waals surface area contributed by atoms with E-state index in [1.807, 2.05) is 37.8 Å². The third-order valence-corrected chi connectivity index (χ3v) is 8.58. The monoisotopic (exact) mass is 421 g/mol. The zero-order valence-electron chi connectivity index (χ0n) is 18.4. The van der Waals surface area contributed by atoms with Gasteiger partial charge in [-0.05, 0) is 65.0 Å². The van der Waals surface area contributed by atoms with E-state index in [2.05, 4.69) is 18.7 Å². The fraction of sp³-hybridized carbons (Fsp3) is 0.682. The number of sulfonamides is 1. The van der Waals surface area contributed by atoms with Gasteiger partial charge in [-0.25, -0.2) is 8.42 Å². The Morgan fingerprint density at radius 3 is 2.00 bits per heavy atom. The molecule has 2 atom stereocenters. The predicted octanol–water partition coefficient (Wildman–Crippen LogP) is 2.71. The SMILES string of the molecule is Cc1cc(C)c(S(=O)(=O)N2CCN(CC(=O)N3[C@H](C)CCC[C@@H]3C)CC2)c(C)c1. The van der Waals surface area contributed by atoms with E-state index in [1.165, 1.54) is 6.42 Å². The number of aryl methyl sites for hydroxylation is 3. The molecule has 7 heteroatoms. The van der Waals surface area contributed by atoms with Crippen LogP contribution >= 0.6 is 0 Å². The van der Waals surface area contributed by atoms with Gasteiger partial charge in [0.15, 0.2) is 0 Å². The molecule has 2 aliphatic heterocycles. The number of hydrogen-bond donors (Lipinski definition) is 0. The molecule has 0 spiro atoms. The van der Waals surface area contributed by atoms with Gasteiger partial charge in [0.1, 0.15) is 0 Å². The molecule has 2 heterocycles. The largest absolute Gasteiger partial charge is 0.336 e. The number of piperidine rings is 1. The molecule has 29 heavy (non-hydrogen) atoms. The van der Waals surface area contributed by atoms with Crippen LogP contribution < -0.4 is 0 Å². The Labute approximate surface area is 175 Å². The minimum absolute atomic E-state index is 0.172. The molecular weight excluding hydrogens is 386 g/mol. The van der Waals surface area contributed by atoms with Crippen LogP contribution in [0.4, 0.5) is 0 Å². The number of amides is 1. The van der Waals surface area contributed by atoms with Gasteiger partial charge in [0.05, 0.1) is 11.4 Å². The van der Waals surface area contributed by atoms with Crippen LogP contribution in [0.2, 0.25) is 0 Å². The van der Waals surface area contributed by atoms with Crippen molar-refractivity contribution in [3.05, 3.63) is 28.8 Å². The molecule has 0 radical (unpaired) electrons. The summed E-state index contributed by atoms with van der Waals surface area (Å²) in [4.78, 5) is 17.4. The molecule has 0 bridgehead atoms. The highest BCUT2D eigenvalue weighted by Gasteiger charge is 2.33. The summed E-state index contributed by atoms with van der Waals surface area (Å²) in [6, 6.07) is 4.44. The first kappa shape index (κ1) is 22.2. The lowest BCUT2D eigenvalue weighted by Crippen LogP contribution is -2.54. The van der Waals surface area contributed by atoms with Crippen molar-refractivity contribution in [2.45, 2.75) is 70.9 Å². The van der Waals surface area contributed by atoms with Gasteiger partial charge < -0.3 is 4.90 Å². The van der Waals surface area contributed by atoms with Gasteiger partial charge in [-0.2, -0.15) is 4.31 Å². The Morgan fingerprint density at radius 1 is 0.966 bits per heavy atom. The number of likely N-dealkylation sites (tertiary alicyclic amines) is 1. The summed E-state index contributed by atoms with van der Waals surface area (Å²) in [6.45, 7) is 12.4. The van der Waals surface area contributed by atoms with Crippen LogP contribution in [0, 0.1) is 20.8 Å². The minimum atomic E-state index is -3.52. The molecule has 2 saturated heterocycles. The van der Waals surface area contributed by atoms with Crippen molar-refractivity contribution < 1.29 is 13.2 Å². The molecule has 162 valence electrons. The zero-order chi connectivity index (χ0) is 21.3. The fourth-order valence-corrected chi connectivity index (χ4v) is 6.85. The lowest BCUT2D eigenvalue weighted by molar-refractivity contribution is -0.138. The molecule has 2 fully saturated rings. The number of carbonyl (C=O) groups excluding carboxylic acids is 1. The Balaban J connectivity index is 1.64. The lowest BCUT2D eigenvalue weighted by atomic mass is 9.97. The van der Waals surface area contributed by atoms with E-state index in [-0.39, 0.29) is 5.91 Å². The van der Waals surface area contributed by atoms with Gasteiger partial charge in [-0.15, -0.1) is 0 Å². The Bertz CT molecular complexity index is 827. The molecule has 0 N–H and O–H groups in total. The molecule has 2 aliphatic rings. The highest BCUT2D eigenvalue weighted by Crippen LogP contribution is 2.26. The van der Waals surface area contributed by atoms with E-state index in [1.54, 1.807) is 4.31 Å². The first-order chi connectivity index (χ1) is 13.6. The van der Waals surface area contributed by atoms with Crippen molar-refractivity contribution >= 4 is 15.9 Å². The highest BCUT2D eigenvalue weighted by molar-refractivity contribution is 7.89. The van der Waals surface area contributed by atoms with Gasteiger partial charge in [-0.1, -0.05) is 17.7 Å². The molecule has 0 unspecified atom stereocenters. The van der Waals surface area contributed by atoms with Gasteiger partial charge >= 0.3 is 0 Å². The fourth-order valence-electron chi connectivity index (χ4n) is 5.02. The maximum absolute atomic E-state index is 13.2. The van der Waals surface area contributed by atoms with Gasteiger partial charge in [0.25, 0.3) is 0 Å². The first-order valence-corrected chi connectivity index (χ1v) is 12.2. The van der Waals surface area contributed by atoms with Crippen LogP contribution in [0.1, 0.15) is 49.8 Å². The van der Waals surface area contributed by atoms with E-state index in [0.29, 0.717) is 49.7 Å². The van der Waals surface area contributed by atoms with E-state index >= 15 is 0 Å². The number of carbonyl (C=O) groups is 1. The summed E-state index contributed by atoms with van der Waals surface area (Å²) in [6.07, 6.45) is 3.31. The molecule has 0 saturated carbocycles. The van der Waals surface area contributed by atoms with Crippen LogP contribution in [-0.4, -0.2) is 73.2 Å². The third-order valence-electron chi connectivity index (χ3n) is 6.37. The maximum Gasteiger partial charge on any atom is 0.243 e. The number of nitrogens with zero attached hydrogens (tertiary/aromatic N) is 3. The van der Waals surface area contributed by atoms with E-state index in [9.17, 15) is 13.2 Å². The smallest absolute Gasteiger partial charge is 0.243 e. The van der Waals surface area contributed by atoms with Crippen molar-refractivity contribution in [3.63, 3.8) is 0 Å². The average Bonchev–Trinajstić information content (AvgIpc) is 2.60. The molecule has 3 rings (SSSR count). The summed E-state index contributed by atoms with van der Waals surface area (Å²) in [5, 5.41) is 0. The summed E-state index contributed by atoms with van der Waals surface area (Å²) in [7, 11) is -3.52. The van der Waals surface area contributed by atoms with Crippen LogP contribution in [0.3, 0.4) is 0 Å². The molecule has 1 aromatic carbocycles. The van der Waals surface area contributed by atoms with E-state index < -0.39 is 10.0 Å². The van der Waals surface area contributed by atoms with Crippen molar-refractivity contribution in [1.82, 2.24) is 14.1 Å². The standard InChI is InChI=1S/C22H35N3O3S/c1-16-13-17(2)22(18(3)14-16)29(27,28)24-11-9-23(10-12-24)15-21(26)25-19(4)7-6-8-20(25)5/h13-14,19-20H,6-12,15H2,1-5H3/t19-,20+. The second-order valence-electron chi connectivity index (χ2n) is 8.84. The molecule has 0 aliphatic carbocycles. The van der Waals surface area contributed by atoms with Crippen molar-refractivity contribution in [1.29, 1.82) is 0 Å². The Morgan fingerprint density at radius 2 is 1.48 bits per heavy atom. The van der Waals surface area contributed by atoms with Gasteiger partial charge in [-0.3, -0.25) is 9.69 Å². The quantitative estimate of drug-likeness (QED) is 0.750. The predicted molar refractivity (Wildman–Crippen MR) is 115 cm³/mol. The number of piperazine rings is 1. The third kappa shape index (κ3) is 4.67. The molecule has 0 aromatic heterocycles. The van der Waals surface area contributed by atoms with Gasteiger partial charge in [0, 0.05) is 38.3 Å². The minimum Gasteiger partial charge on any atom is -0.336 e. The topological polar surface area (TPSA) is 60.9 Å². The van der Waals surface area contributed by atoms with Crippen molar-refractivity contribution in [2.24, 2.45) is 0 Å². The normalized spacial score (nSPS) is 24.7. The van der Waals surface area contributed by atoms with Gasteiger partial charge in [0.2, 0.25) is 15.9 Å². The second kappa shape index (κ2) is 8.74. The summed E-state index contributed by atoms with van der Waals surface area (Å²) >= 11 is 0. The Kier molecular flexibility index (Phi) is 6.70. The van der Waals surface area contributed by atoms with Crippen LogP contribution in [-0.2, 0) is 14.8 Å². The summed E-state index contributed by atoms with van der Waals surface area (Å²) in [5.74, 6) is 0.172. The van der Waals surface area contributed by atoms with E-state index in [4.69, 9.17) is 0 Å². The zero-order valence-corrected chi connectivity index (χ0v) is 19.3. The van der Waals surface area contributed by atoms with Crippen molar-refractivity contribution in [3.8, 4) is 0 Å². The summed E-state index contributed by atoms with van der Waals surface area (Å²) in [5.41, 5.74) is 2.67. The molecular formula is C22H35N3O3S. The molecule has 1 amide bonds. The van der Waals surface area contributed by atoms with E-state index in [0.717, 1.165) is 29.5 Å². The lowest BCUT2D eigenvalue weighted by Gasteiger charge is -2.41. The highest BCUT2D eigenvalue weighted by atomic mass is 32.2. The summed E-state index contributed by atoms with van der Waals surface area (Å²) < 4.78 is 28.0. The number of hydrogen-bond acceptors (Lipinski definition) is 4. The van der Waals surface area contributed by atoms with Crippen LogP contribution in [0.5, 0.6) is 0 Å².